The van der Waals surface area contributed by atoms with E-state index in [0.29, 0.717) is 11.5 Å². The van der Waals surface area contributed by atoms with Crippen molar-refractivity contribution in [3.05, 3.63) is 59.2 Å². The predicted octanol–water partition coefficient (Wildman–Crippen LogP) is 2.96. The SMILES string of the molecule is CCc1ccc(CC(=O)N/N=C/c2cccc(OC)c2OC)cc1. The molecule has 0 bridgehead atoms. The van der Waals surface area contributed by atoms with E-state index in [1.54, 1.807) is 26.5 Å². The van der Waals surface area contributed by atoms with Crippen LogP contribution in [-0.2, 0) is 17.6 Å². The normalized spacial score (nSPS) is 10.6. The molecule has 24 heavy (non-hydrogen) atoms. The van der Waals surface area contributed by atoms with E-state index >= 15 is 0 Å². The van der Waals surface area contributed by atoms with E-state index < -0.39 is 0 Å². The van der Waals surface area contributed by atoms with Gasteiger partial charge in [0.15, 0.2) is 11.5 Å². The number of methoxy groups -OCH3 is 2. The molecule has 0 aliphatic carbocycles. The summed E-state index contributed by atoms with van der Waals surface area (Å²) in [5.41, 5.74) is 5.47. The molecular weight excluding hydrogens is 304 g/mol. The number of para-hydroxylation sites is 1. The molecule has 0 heterocycles. The molecule has 5 nitrogen and oxygen atoms in total. The molecule has 2 aromatic rings. The van der Waals surface area contributed by atoms with Gasteiger partial charge in [0.05, 0.1) is 26.9 Å². The second-order valence-electron chi connectivity index (χ2n) is 5.22. The summed E-state index contributed by atoms with van der Waals surface area (Å²) in [6.07, 6.45) is 2.81. The number of nitrogens with zero attached hydrogens (tertiary/aromatic N) is 1. The largest absolute Gasteiger partial charge is 0.493 e. The third-order valence-electron chi connectivity index (χ3n) is 3.62. The fourth-order valence-electron chi connectivity index (χ4n) is 2.31. The second-order valence-corrected chi connectivity index (χ2v) is 5.22. The lowest BCUT2D eigenvalue weighted by Gasteiger charge is -2.09. The molecular formula is C19H22N2O3. The number of ether oxygens (including phenoxy) is 2. The molecule has 0 radical (unpaired) electrons. The molecule has 0 saturated carbocycles. The minimum absolute atomic E-state index is 0.169. The van der Waals surface area contributed by atoms with Crippen LogP contribution in [-0.4, -0.2) is 26.3 Å². The van der Waals surface area contributed by atoms with Crippen molar-refractivity contribution in [2.24, 2.45) is 5.10 Å². The summed E-state index contributed by atoms with van der Waals surface area (Å²) < 4.78 is 10.5. The van der Waals surface area contributed by atoms with Crippen molar-refractivity contribution < 1.29 is 14.3 Å². The third kappa shape index (κ3) is 4.59. The van der Waals surface area contributed by atoms with Gasteiger partial charge in [0.2, 0.25) is 5.91 Å². The summed E-state index contributed by atoms with van der Waals surface area (Å²) in [5.74, 6) is 1.02. The lowest BCUT2D eigenvalue weighted by molar-refractivity contribution is -0.120. The maximum atomic E-state index is 12.0. The highest BCUT2D eigenvalue weighted by Gasteiger charge is 2.07. The molecule has 0 spiro atoms. The average Bonchev–Trinajstić information content (AvgIpc) is 2.62. The maximum absolute atomic E-state index is 12.0. The van der Waals surface area contributed by atoms with Gasteiger partial charge in [0, 0.05) is 5.56 Å². The molecule has 0 aliphatic heterocycles. The van der Waals surface area contributed by atoms with Crippen LogP contribution >= 0.6 is 0 Å². The van der Waals surface area contributed by atoms with Crippen molar-refractivity contribution in [1.29, 1.82) is 0 Å². The van der Waals surface area contributed by atoms with E-state index in [0.717, 1.165) is 17.5 Å². The molecule has 1 N–H and O–H groups in total. The fourth-order valence-corrected chi connectivity index (χ4v) is 2.31. The van der Waals surface area contributed by atoms with E-state index in [4.69, 9.17) is 9.47 Å². The zero-order valence-electron chi connectivity index (χ0n) is 14.2. The minimum atomic E-state index is -0.169. The van der Waals surface area contributed by atoms with Crippen LogP contribution in [0.25, 0.3) is 0 Å². The first kappa shape index (κ1) is 17.5. The van der Waals surface area contributed by atoms with Gasteiger partial charge in [-0.05, 0) is 29.7 Å². The molecule has 0 unspecified atom stereocenters. The molecule has 0 saturated heterocycles. The first-order valence-electron chi connectivity index (χ1n) is 7.78. The van der Waals surface area contributed by atoms with Gasteiger partial charge in [-0.25, -0.2) is 5.43 Å². The maximum Gasteiger partial charge on any atom is 0.244 e. The van der Waals surface area contributed by atoms with Crippen LogP contribution in [0.15, 0.2) is 47.6 Å². The summed E-state index contributed by atoms with van der Waals surface area (Å²) in [5, 5.41) is 4.00. The van der Waals surface area contributed by atoms with Gasteiger partial charge < -0.3 is 9.47 Å². The zero-order chi connectivity index (χ0) is 17.4. The third-order valence-corrected chi connectivity index (χ3v) is 3.62. The number of carbonyl (C=O) groups is 1. The van der Waals surface area contributed by atoms with Crippen molar-refractivity contribution in [3.8, 4) is 11.5 Å². The van der Waals surface area contributed by atoms with Crippen LogP contribution in [0.3, 0.4) is 0 Å². The number of rotatable bonds is 7. The van der Waals surface area contributed by atoms with E-state index in [-0.39, 0.29) is 12.3 Å². The van der Waals surface area contributed by atoms with Gasteiger partial charge in [-0.15, -0.1) is 0 Å². The summed E-state index contributed by atoms with van der Waals surface area (Å²) in [6, 6.07) is 13.5. The standard InChI is InChI=1S/C19H22N2O3/c1-4-14-8-10-15(11-9-14)12-18(22)21-20-13-16-6-5-7-17(23-2)19(16)24-3/h5-11,13H,4,12H2,1-3H3,(H,21,22)/b20-13+. The number of amides is 1. The summed E-state index contributed by atoms with van der Waals surface area (Å²) in [4.78, 5) is 12.0. The summed E-state index contributed by atoms with van der Waals surface area (Å²) in [7, 11) is 3.14. The Bertz CT molecular complexity index is 709. The molecule has 0 fully saturated rings. The monoisotopic (exact) mass is 326 g/mol. The average molecular weight is 326 g/mol. The van der Waals surface area contributed by atoms with Crippen molar-refractivity contribution in [2.45, 2.75) is 19.8 Å². The Kier molecular flexibility index (Phi) is 6.37. The first-order valence-corrected chi connectivity index (χ1v) is 7.78. The number of hydrogen-bond donors (Lipinski definition) is 1. The second kappa shape index (κ2) is 8.72. The molecule has 5 heteroatoms. The highest BCUT2D eigenvalue weighted by molar-refractivity contribution is 5.86. The number of hydrazone groups is 1. The number of nitrogens with one attached hydrogen (secondary N) is 1. The molecule has 2 aromatic carbocycles. The van der Waals surface area contributed by atoms with E-state index in [9.17, 15) is 4.79 Å². The van der Waals surface area contributed by atoms with Gasteiger partial charge in [-0.3, -0.25) is 4.79 Å². The van der Waals surface area contributed by atoms with Gasteiger partial charge >= 0.3 is 0 Å². The first-order chi connectivity index (χ1) is 11.7. The van der Waals surface area contributed by atoms with Crippen molar-refractivity contribution in [3.63, 3.8) is 0 Å². The Balaban J connectivity index is 1.97. The molecule has 0 aliphatic rings. The van der Waals surface area contributed by atoms with Crippen LogP contribution in [0.1, 0.15) is 23.6 Å². The van der Waals surface area contributed by atoms with Crippen molar-refractivity contribution in [2.75, 3.05) is 14.2 Å². The van der Waals surface area contributed by atoms with Gasteiger partial charge in [-0.2, -0.15) is 5.10 Å². The van der Waals surface area contributed by atoms with Gasteiger partial charge in [0.1, 0.15) is 0 Å². The van der Waals surface area contributed by atoms with E-state index in [1.165, 1.54) is 5.56 Å². The Morgan fingerprint density at radius 3 is 2.42 bits per heavy atom. The topological polar surface area (TPSA) is 59.9 Å². The van der Waals surface area contributed by atoms with Crippen molar-refractivity contribution in [1.82, 2.24) is 5.43 Å². The molecule has 2 rings (SSSR count). The zero-order valence-corrected chi connectivity index (χ0v) is 14.2. The Morgan fingerprint density at radius 1 is 1.08 bits per heavy atom. The highest BCUT2D eigenvalue weighted by Crippen LogP contribution is 2.29. The lowest BCUT2D eigenvalue weighted by Crippen LogP contribution is -2.19. The van der Waals surface area contributed by atoms with Crippen LogP contribution in [0.2, 0.25) is 0 Å². The van der Waals surface area contributed by atoms with Crippen LogP contribution < -0.4 is 14.9 Å². The number of aryl methyl sites for hydroxylation is 1. The molecule has 0 atom stereocenters. The molecule has 0 aromatic heterocycles. The van der Waals surface area contributed by atoms with E-state index in [1.807, 2.05) is 36.4 Å². The highest BCUT2D eigenvalue weighted by atomic mass is 16.5. The van der Waals surface area contributed by atoms with Crippen LogP contribution in [0.4, 0.5) is 0 Å². The van der Waals surface area contributed by atoms with Crippen molar-refractivity contribution >= 4 is 12.1 Å². The van der Waals surface area contributed by atoms with Crippen LogP contribution in [0.5, 0.6) is 11.5 Å². The van der Waals surface area contributed by atoms with Gasteiger partial charge in [-0.1, -0.05) is 37.3 Å². The quantitative estimate of drug-likeness (QED) is 0.628. The van der Waals surface area contributed by atoms with Crippen LogP contribution in [0, 0.1) is 0 Å². The Labute approximate surface area is 142 Å². The molecule has 1 amide bonds. The summed E-state index contributed by atoms with van der Waals surface area (Å²) in [6.45, 7) is 2.10. The predicted molar refractivity (Wildman–Crippen MR) is 94.8 cm³/mol. The lowest BCUT2D eigenvalue weighted by atomic mass is 10.1. The minimum Gasteiger partial charge on any atom is -0.493 e. The van der Waals surface area contributed by atoms with Gasteiger partial charge in [0.25, 0.3) is 0 Å². The fraction of sp³-hybridized carbons (Fsp3) is 0.263. The number of carbonyl (C=O) groups excluding carboxylic acids is 1. The summed E-state index contributed by atoms with van der Waals surface area (Å²) >= 11 is 0. The smallest absolute Gasteiger partial charge is 0.244 e. The Hall–Kier alpha value is -2.82. The number of hydrogen-bond acceptors (Lipinski definition) is 4. The Morgan fingerprint density at radius 2 is 1.79 bits per heavy atom. The van der Waals surface area contributed by atoms with E-state index in [2.05, 4.69) is 17.5 Å². The number of benzene rings is 2. The molecule has 126 valence electrons.